The minimum Gasteiger partial charge on any atom is -0.450 e. The van der Waals surface area contributed by atoms with Crippen molar-refractivity contribution in [2.45, 2.75) is 97.9 Å². The number of carbonyl (C=O) groups is 2. The van der Waals surface area contributed by atoms with E-state index in [0.29, 0.717) is 24.3 Å². The zero-order chi connectivity index (χ0) is 29.1. The number of benzene rings is 1. The number of hydrogen-bond donors (Lipinski definition) is 2. The molecule has 7 heteroatoms. The van der Waals surface area contributed by atoms with Gasteiger partial charge in [0.1, 0.15) is 0 Å². The highest BCUT2D eigenvalue weighted by atomic mass is 16.5. The number of ketones is 1. The molecule has 1 unspecified atom stereocenters. The van der Waals surface area contributed by atoms with Crippen molar-refractivity contribution in [3.8, 4) is 0 Å². The minimum absolute atomic E-state index is 0.0120. The average Bonchev–Trinajstić information content (AvgIpc) is 2.86. The highest BCUT2D eigenvalue weighted by molar-refractivity contribution is 5.95. The second-order valence-electron chi connectivity index (χ2n) is 13.3. The Morgan fingerprint density at radius 1 is 1.10 bits per heavy atom. The smallest absolute Gasteiger partial charge is 0.373 e. The van der Waals surface area contributed by atoms with E-state index in [2.05, 4.69) is 26.0 Å². The van der Waals surface area contributed by atoms with Gasteiger partial charge in [0.25, 0.3) is 0 Å². The number of fused-ring (bicyclic) bond motifs is 5. The number of aliphatic hydroxyl groups excluding tert-OH is 1. The first-order valence-electron chi connectivity index (χ1n) is 14.0. The first kappa shape index (κ1) is 29.4. The molecule has 1 aromatic carbocycles. The standard InChI is InChI=1S/C31H42O5.CO2/c1-17-16-31(35)24(20-11-9-8-10-12-20)26-29(6)14-13-21(29)15-22(33)30(26,7)27(34)25(36-19(3)32)23(18(17)2)28(31,4)5;2-1-3/h8-12,17,21-22,24-26,33,35H,13-16H2,1-7H3;/t17-,21+,22-,24-,25+,26?,29+,30+,31+;/m0./s1. The molecular weight excluding hydrogens is 496 g/mol. The van der Waals surface area contributed by atoms with Gasteiger partial charge in [0.15, 0.2) is 11.9 Å². The zero-order valence-corrected chi connectivity index (χ0v) is 24.1. The molecule has 4 aliphatic carbocycles. The molecule has 1 aromatic rings. The summed E-state index contributed by atoms with van der Waals surface area (Å²) in [5, 5.41) is 24.8. The van der Waals surface area contributed by atoms with E-state index in [1.807, 2.05) is 45.9 Å². The lowest BCUT2D eigenvalue weighted by Gasteiger charge is -2.69. The average molecular weight is 539 g/mol. The summed E-state index contributed by atoms with van der Waals surface area (Å²) >= 11 is 0. The molecule has 0 aromatic heterocycles. The van der Waals surface area contributed by atoms with E-state index in [0.717, 1.165) is 24.0 Å². The third-order valence-corrected chi connectivity index (χ3v) is 11.4. The first-order chi connectivity index (χ1) is 18.1. The predicted octanol–water partition coefficient (Wildman–Crippen LogP) is 4.62. The molecule has 0 amide bonds. The van der Waals surface area contributed by atoms with Crippen LogP contribution in [0.4, 0.5) is 0 Å². The highest BCUT2D eigenvalue weighted by Crippen LogP contribution is 2.72. The van der Waals surface area contributed by atoms with E-state index in [-0.39, 0.29) is 35.1 Å². The molecule has 2 N–H and O–H groups in total. The molecule has 4 aliphatic rings. The van der Waals surface area contributed by atoms with E-state index in [4.69, 9.17) is 14.3 Å². The molecule has 39 heavy (non-hydrogen) atoms. The van der Waals surface area contributed by atoms with Crippen molar-refractivity contribution in [3.63, 3.8) is 0 Å². The lowest BCUT2D eigenvalue weighted by atomic mass is 9.35. The van der Waals surface area contributed by atoms with Crippen LogP contribution in [-0.4, -0.2) is 45.9 Å². The maximum absolute atomic E-state index is 14.8. The topological polar surface area (TPSA) is 118 Å². The molecular formula is C32H42O7. The normalized spacial score (nSPS) is 42.2. The van der Waals surface area contributed by atoms with Crippen LogP contribution < -0.4 is 0 Å². The third-order valence-electron chi connectivity index (χ3n) is 11.4. The number of allylic oxidation sites excluding steroid dienone is 1. The fourth-order valence-electron chi connectivity index (χ4n) is 9.06. The van der Waals surface area contributed by atoms with E-state index < -0.39 is 34.6 Å². The summed E-state index contributed by atoms with van der Waals surface area (Å²) in [5.74, 6) is -1.12. The number of hydrogen-bond acceptors (Lipinski definition) is 7. The van der Waals surface area contributed by atoms with Crippen LogP contribution in [0.2, 0.25) is 0 Å². The minimum atomic E-state index is -1.21. The Kier molecular flexibility index (Phi) is 7.38. The third kappa shape index (κ3) is 4.00. The number of Topliss-reactive ketones (excluding diaryl/α,β-unsaturated/α-hetero) is 1. The van der Waals surface area contributed by atoms with Crippen molar-refractivity contribution >= 4 is 17.9 Å². The van der Waals surface area contributed by atoms with Crippen LogP contribution in [0.25, 0.3) is 0 Å². The Labute approximate surface area is 231 Å². The van der Waals surface area contributed by atoms with E-state index in [1.165, 1.54) is 6.92 Å². The van der Waals surface area contributed by atoms with Crippen molar-refractivity contribution < 1.29 is 34.1 Å². The Hall–Kier alpha value is -2.60. The molecule has 0 saturated heterocycles. The number of esters is 1. The molecule has 3 fully saturated rings. The molecule has 5 rings (SSSR count). The van der Waals surface area contributed by atoms with E-state index in [1.54, 1.807) is 0 Å². The van der Waals surface area contributed by atoms with Crippen molar-refractivity contribution in [2.24, 2.45) is 34.0 Å². The van der Waals surface area contributed by atoms with Gasteiger partial charge in [-0.05, 0) is 73.8 Å². The number of carbonyl (C=O) groups excluding carboxylic acids is 4. The van der Waals surface area contributed by atoms with Gasteiger partial charge in [-0.3, -0.25) is 9.59 Å². The largest absolute Gasteiger partial charge is 0.450 e. The van der Waals surface area contributed by atoms with Crippen LogP contribution in [0.1, 0.15) is 85.6 Å². The van der Waals surface area contributed by atoms with Gasteiger partial charge >= 0.3 is 12.1 Å². The maximum atomic E-state index is 14.8. The van der Waals surface area contributed by atoms with Crippen LogP contribution in [0, 0.1) is 34.0 Å². The molecule has 7 nitrogen and oxygen atoms in total. The predicted molar refractivity (Wildman–Crippen MR) is 143 cm³/mol. The Bertz CT molecular complexity index is 1210. The number of aliphatic hydroxyl groups is 2. The van der Waals surface area contributed by atoms with Gasteiger partial charge < -0.3 is 14.9 Å². The van der Waals surface area contributed by atoms with Crippen molar-refractivity contribution in [3.05, 3.63) is 47.0 Å². The van der Waals surface area contributed by atoms with Gasteiger partial charge in [0, 0.05) is 18.3 Å². The molecule has 0 spiro atoms. The second-order valence-corrected chi connectivity index (χ2v) is 13.3. The number of rotatable bonds is 2. The summed E-state index contributed by atoms with van der Waals surface area (Å²) in [4.78, 5) is 43.4. The molecule has 0 aliphatic heterocycles. The molecule has 212 valence electrons. The van der Waals surface area contributed by atoms with Crippen LogP contribution in [0.5, 0.6) is 0 Å². The van der Waals surface area contributed by atoms with Crippen molar-refractivity contribution in [1.29, 1.82) is 0 Å². The van der Waals surface area contributed by atoms with Gasteiger partial charge in [-0.25, -0.2) is 0 Å². The van der Waals surface area contributed by atoms with Crippen LogP contribution in [-0.2, 0) is 23.9 Å². The van der Waals surface area contributed by atoms with Gasteiger partial charge in [-0.2, -0.15) is 9.59 Å². The van der Waals surface area contributed by atoms with Gasteiger partial charge in [0.2, 0.25) is 0 Å². The lowest BCUT2D eigenvalue weighted by molar-refractivity contribution is -0.231. The summed E-state index contributed by atoms with van der Waals surface area (Å²) in [7, 11) is 0. The summed E-state index contributed by atoms with van der Waals surface area (Å²) in [6, 6.07) is 10.1. The van der Waals surface area contributed by atoms with Crippen LogP contribution in [0.15, 0.2) is 41.5 Å². The monoisotopic (exact) mass is 538 g/mol. The summed E-state index contributed by atoms with van der Waals surface area (Å²) in [6.45, 7) is 13.6. The summed E-state index contributed by atoms with van der Waals surface area (Å²) < 4.78 is 5.87. The van der Waals surface area contributed by atoms with Crippen LogP contribution in [0.3, 0.4) is 0 Å². The Morgan fingerprint density at radius 2 is 1.69 bits per heavy atom. The molecule has 2 bridgehead atoms. The van der Waals surface area contributed by atoms with E-state index in [9.17, 15) is 19.8 Å². The Balaban J connectivity index is 0.00000112. The van der Waals surface area contributed by atoms with Gasteiger partial charge in [-0.1, -0.05) is 63.6 Å². The second kappa shape index (κ2) is 9.79. The van der Waals surface area contributed by atoms with E-state index >= 15 is 0 Å². The molecule has 9 atom stereocenters. The van der Waals surface area contributed by atoms with Crippen LogP contribution >= 0.6 is 0 Å². The highest BCUT2D eigenvalue weighted by Gasteiger charge is 2.73. The van der Waals surface area contributed by atoms with Gasteiger partial charge in [-0.15, -0.1) is 0 Å². The fourth-order valence-corrected chi connectivity index (χ4v) is 9.06. The van der Waals surface area contributed by atoms with Gasteiger partial charge in [0.05, 0.1) is 17.1 Å². The summed E-state index contributed by atoms with van der Waals surface area (Å²) in [5.41, 5.74) is -0.729. The maximum Gasteiger partial charge on any atom is 0.373 e. The van der Waals surface area contributed by atoms with Crippen molar-refractivity contribution in [1.82, 2.24) is 0 Å². The summed E-state index contributed by atoms with van der Waals surface area (Å²) in [6.07, 6.45) is 1.32. The first-order valence-corrected chi connectivity index (χ1v) is 14.0. The molecule has 3 saturated carbocycles. The molecule has 0 radical (unpaired) electrons. The van der Waals surface area contributed by atoms with Crippen molar-refractivity contribution in [2.75, 3.05) is 0 Å². The number of ether oxygens (including phenoxy) is 1. The SMILES string of the molecule is CC(=O)O[C@H]1C(=O)[C@@]2(C)C([C@H](c3ccccc3)[C@]3(O)C[C@H](C)C(C)=C1C3(C)C)[C@]1(C)CC[C@@H]1C[C@@H]2O.O=C=O. The zero-order valence-electron chi connectivity index (χ0n) is 24.1. The quantitative estimate of drug-likeness (QED) is 0.417. The lowest BCUT2D eigenvalue weighted by Crippen LogP contribution is -2.72. The fraction of sp³-hybridized carbons (Fsp3) is 0.656. The molecule has 0 heterocycles. The Morgan fingerprint density at radius 3 is 2.21 bits per heavy atom.